The Balaban J connectivity index is 1.53. The van der Waals surface area contributed by atoms with Gasteiger partial charge < -0.3 is 9.84 Å². The van der Waals surface area contributed by atoms with E-state index in [1.54, 1.807) is 18.0 Å². The van der Waals surface area contributed by atoms with Crippen LogP contribution in [0.4, 0.5) is 0 Å². The van der Waals surface area contributed by atoms with Crippen LogP contribution in [-0.4, -0.2) is 28.2 Å². The second-order valence-corrected chi connectivity index (χ2v) is 7.17. The monoisotopic (exact) mass is 372 g/mol. The van der Waals surface area contributed by atoms with Gasteiger partial charge in [0.1, 0.15) is 5.69 Å². The third-order valence-corrected chi connectivity index (χ3v) is 5.71. The van der Waals surface area contributed by atoms with Gasteiger partial charge in [-0.1, -0.05) is 28.9 Å². The van der Waals surface area contributed by atoms with Gasteiger partial charge in [0.15, 0.2) is 0 Å². The molecule has 0 amide bonds. The molecule has 3 aromatic rings. The summed E-state index contributed by atoms with van der Waals surface area (Å²) >= 11 is 8.12. The van der Waals surface area contributed by atoms with Gasteiger partial charge in [-0.2, -0.15) is 4.98 Å². The van der Waals surface area contributed by atoms with Crippen LogP contribution in [-0.2, 0) is 18.6 Å². The van der Waals surface area contributed by atoms with E-state index in [2.05, 4.69) is 26.5 Å². The minimum Gasteiger partial charge on any atom is -0.338 e. The molecule has 0 bridgehead atoms. The molecule has 128 valence electrons. The van der Waals surface area contributed by atoms with Crippen molar-refractivity contribution in [3.8, 4) is 11.5 Å². The minimum absolute atomic E-state index is 0.512. The maximum atomic E-state index is 6.46. The summed E-state index contributed by atoms with van der Waals surface area (Å²) in [6.07, 6.45) is 3.73. The van der Waals surface area contributed by atoms with Gasteiger partial charge >= 0.3 is 0 Å². The van der Waals surface area contributed by atoms with Crippen molar-refractivity contribution in [2.24, 2.45) is 0 Å². The van der Waals surface area contributed by atoms with Crippen LogP contribution >= 0.6 is 23.4 Å². The third kappa shape index (κ3) is 3.71. The summed E-state index contributed by atoms with van der Waals surface area (Å²) in [6.45, 7) is 1.99. The highest BCUT2D eigenvalue weighted by Gasteiger charge is 2.17. The molecule has 1 aliphatic rings. The normalized spacial score (nSPS) is 14.1. The minimum atomic E-state index is 0.512. The largest absolute Gasteiger partial charge is 0.338 e. The number of nitrogens with one attached hydrogen (secondary N) is 1. The van der Waals surface area contributed by atoms with Crippen LogP contribution in [0, 0.1) is 0 Å². The Hall–Kier alpha value is -1.89. The van der Waals surface area contributed by atoms with Crippen molar-refractivity contribution in [2.45, 2.75) is 23.5 Å². The smallest absolute Gasteiger partial charge is 0.237 e. The van der Waals surface area contributed by atoms with E-state index >= 15 is 0 Å². The van der Waals surface area contributed by atoms with E-state index in [4.69, 9.17) is 16.1 Å². The zero-order chi connectivity index (χ0) is 17.1. The molecule has 1 aliphatic heterocycles. The summed E-state index contributed by atoms with van der Waals surface area (Å²) in [4.78, 5) is 9.81. The Morgan fingerprint density at radius 2 is 2.08 bits per heavy atom. The maximum absolute atomic E-state index is 6.46. The van der Waals surface area contributed by atoms with Crippen molar-refractivity contribution in [3.63, 3.8) is 0 Å². The number of pyridine rings is 1. The maximum Gasteiger partial charge on any atom is 0.237 e. The average molecular weight is 373 g/mol. The van der Waals surface area contributed by atoms with Gasteiger partial charge in [0.2, 0.25) is 11.7 Å². The van der Waals surface area contributed by atoms with E-state index in [1.807, 2.05) is 24.3 Å². The van der Waals surface area contributed by atoms with E-state index in [1.165, 1.54) is 11.1 Å². The van der Waals surface area contributed by atoms with Crippen molar-refractivity contribution >= 4 is 23.4 Å². The van der Waals surface area contributed by atoms with Crippen molar-refractivity contribution < 1.29 is 4.52 Å². The Bertz CT molecular complexity index is 869. The molecule has 0 saturated carbocycles. The highest BCUT2D eigenvalue weighted by molar-refractivity contribution is 7.98. The number of hydrogen-bond acceptors (Lipinski definition) is 6. The van der Waals surface area contributed by atoms with Crippen LogP contribution < -0.4 is 5.32 Å². The SMILES string of the molecule is Clc1ccc2c(c1SCc1nc(-c3ccccn3)no1)CCNCC2. The molecule has 1 aromatic carbocycles. The number of fused-ring (bicyclic) bond motifs is 1. The summed E-state index contributed by atoms with van der Waals surface area (Å²) in [5.74, 6) is 1.67. The van der Waals surface area contributed by atoms with Gasteiger partial charge in [0.25, 0.3) is 0 Å². The number of nitrogens with zero attached hydrogens (tertiary/aromatic N) is 3. The first kappa shape index (κ1) is 16.6. The van der Waals surface area contributed by atoms with Crippen LogP contribution in [0.3, 0.4) is 0 Å². The molecular formula is C18H17ClN4OS. The van der Waals surface area contributed by atoms with Gasteiger partial charge in [0.05, 0.1) is 10.8 Å². The van der Waals surface area contributed by atoms with Crippen molar-refractivity contribution in [1.82, 2.24) is 20.4 Å². The van der Waals surface area contributed by atoms with E-state index in [0.717, 1.165) is 35.8 Å². The number of benzene rings is 1. The molecule has 0 aliphatic carbocycles. The number of halogens is 1. The van der Waals surface area contributed by atoms with Crippen LogP contribution in [0.2, 0.25) is 5.02 Å². The standard InChI is InChI=1S/C18H17ClN4OS/c19-14-5-4-12-6-9-20-10-7-13(12)17(14)25-11-16-22-18(23-24-16)15-3-1-2-8-21-15/h1-5,8,20H,6-7,9-11H2. The molecule has 0 unspecified atom stereocenters. The quantitative estimate of drug-likeness (QED) is 0.703. The molecule has 25 heavy (non-hydrogen) atoms. The summed E-state index contributed by atoms with van der Waals surface area (Å²) in [7, 11) is 0. The zero-order valence-electron chi connectivity index (χ0n) is 13.5. The summed E-state index contributed by atoms with van der Waals surface area (Å²) < 4.78 is 5.37. The topological polar surface area (TPSA) is 63.8 Å². The highest BCUT2D eigenvalue weighted by Crippen LogP contribution is 2.35. The van der Waals surface area contributed by atoms with Gasteiger partial charge in [-0.25, -0.2) is 0 Å². The van der Waals surface area contributed by atoms with Gasteiger partial charge in [-0.15, -0.1) is 11.8 Å². The number of aromatic nitrogens is 3. The Morgan fingerprint density at radius 3 is 2.96 bits per heavy atom. The fourth-order valence-electron chi connectivity index (χ4n) is 2.91. The lowest BCUT2D eigenvalue weighted by Crippen LogP contribution is -2.16. The van der Waals surface area contributed by atoms with E-state index in [0.29, 0.717) is 23.2 Å². The second kappa shape index (κ2) is 7.56. The van der Waals surface area contributed by atoms with Crippen molar-refractivity contribution in [3.05, 3.63) is 58.6 Å². The molecule has 0 saturated heterocycles. The molecule has 4 rings (SSSR count). The summed E-state index contributed by atoms with van der Waals surface area (Å²) in [5, 5.41) is 8.24. The van der Waals surface area contributed by atoms with Crippen LogP contribution in [0.15, 0.2) is 45.9 Å². The number of rotatable bonds is 4. The Morgan fingerprint density at radius 1 is 1.16 bits per heavy atom. The summed E-state index contributed by atoms with van der Waals surface area (Å²) in [5.41, 5.74) is 3.42. The van der Waals surface area contributed by atoms with Crippen LogP contribution in [0.5, 0.6) is 0 Å². The molecule has 0 atom stereocenters. The average Bonchev–Trinajstić information content (AvgIpc) is 2.99. The molecule has 1 N–H and O–H groups in total. The zero-order valence-corrected chi connectivity index (χ0v) is 15.1. The molecule has 0 spiro atoms. The van der Waals surface area contributed by atoms with E-state index in [9.17, 15) is 0 Å². The summed E-state index contributed by atoms with van der Waals surface area (Å²) in [6, 6.07) is 9.75. The third-order valence-electron chi connectivity index (χ3n) is 4.13. The van der Waals surface area contributed by atoms with E-state index < -0.39 is 0 Å². The van der Waals surface area contributed by atoms with Crippen LogP contribution in [0.1, 0.15) is 17.0 Å². The fourth-order valence-corrected chi connectivity index (χ4v) is 4.25. The number of hydrogen-bond donors (Lipinski definition) is 1. The fraction of sp³-hybridized carbons (Fsp3) is 0.278. The molecular weight excluding hydrogens is 356 g/mol. The molecule has 0 fully saturated rings. The van der Waals surface area contributed by atoms with Gasteiger partial charge in [-0.05, 0) is 55.3 Å². The first-order chi connectivity index (χ1) is 12.3. The van der Waals surface area contributed by atoms with Crippen molar-refractivity contribution in [1.29, 1.82) is 0 Å². The molecule has 3 heterocycles. The van der Waals surface area contributed by atoms with Crippen LogP contribution in [0.25, 0.3) is 11.5 Å². The predicted molar refractivity (Wildman–Crippen MR) is 98.8 cm³/mol. The van der Waals surface area contributed by atoms with E-state index in [-0.39, 0.29) is 0 Å². The van der Waals surface area contributed by atoms with Gasteiger partial charge in [0, 0.05) is 11.1 Å². The number of thioether (sulfide) groups is 1. The Kier molecular flexibility index (Phi) is 5.01. The highest BCUT2D eigenvalue weighted by atomic mass is 35.5. The molecule has 2 aromatic heterocycles. The first-order valence-corrected chi connectivity index (χ1v) is 9.55. The second-order valence-electron chi connectivity index (χ2n) is 5.78. The predicted octanol–water partition coefficient (Wildman–Crippen LogP) is 3.77. The molecule has 5 nitrogen and oxygen atoms in total. The molecule has 7 heteroatoms. The first-order valence-electron chi connectivity index (χ1n) is 8.19. The lowest BCUT2D eigenvalue weighted by molar-refractivity contribution is 0.391. The Labute approximate surface area is 155 Å². The lowest BCUT2D eigenvalue weighted by Gasteiger charge is -2.12. The lowest BCUT2D eigenvalue weighted by atomic mass is 10.0. The van der Waals surface area contributed by atoms with Gasteiger partial charge in [-0.3, -0.25) is 4.98 Å². The van der Waals surface area contributed by atoms with Crippen molar-refractivity contribution in [2.75, 3.05) is 13.1 Å². The molecule has 0 radical (unpaired) electrons.